The summed E-state index contributed by atoms with van der Waals surface area (Å²) in [5.74, 6) is 0. The van der Waals surface area contributed by atoms with Crippen LogP contribution in [0.4, 0.5) is 24.5 Å². The number of para-hydroxylation sites is 2. The molecule has 0 fully saturated rings. The van der Waals surface area contributed by atoms with E-state index in [0.717, 1.165) is 39.8 Å². The van der Waals surface area contributed by atoms with Crippen LogP contribution in [0.2, 0.25) is 0 Å². The Morgan fingerprint density at radius 3 is 2.38 bits per heavy atom. The van der Waals surface area contributed by atoms with Gasteiger partial charge in [-0.2, -0.15) is 13.2 Å². The Bertz CT molecular complexity index is 1060. The summed E-state index contributed by atoms with van der Waals surface area (Å²) in [6.45, 7) is 0. The van der Waals surface area contributed by atoms with E-state index in [1.807, 2.05) is 54.7 Å². The van der Waals surface area contributed by atoms with Crippen LogP contribution in [0, 0.1) is 0 Å². The molecule has 5 heteroatoms. The van der Waals surface area contributed by atoms with Crippen molar-refractivity contribution in [2.24, 2.45) is 0 Å². The first-order valence-electron chi connectivity index (χ1n) is 8.12. The zero-order chi connectivity index (χ0) is 18.1. The van der Waals surface area contributed by atoms with Crippen molar-refractivity contribution in [3.05, 3.63) is 84.6 Å². The Hall–Kier alpha value is -3.21. The minimum atomic E-state index is -4.37. The zero-order valence-corrected chi connectivity index (χ0v) is 13.6. The van der Waals surface area contributed by atoms with E-state index in [1.54, 1.807) is 6.07 Å². The first kappa shape index (κ1) is 16.3. The standard InChI is InChI=1S/C21H15F3N2/c22-21(23,24)14-6-5-7-15(12-14)26-20-11-4-2-9-17(20)18-13-25-19-10-3-1-8-16(18)19/h1-13,25-26H. The molecule has 0 aliphatic rings. The smallest absolute Gasteiger partial charge is 0.361 e. The Labute approximate surface area is 148 Å². The number of hydrogen-bond donors (Lipinski definition) is 2. The molecule has 0 saturated carbocycles. The molecule has 0 amide bonds. The van der Waals surface area contributed by atoms with Crippen molar-refractivity contribution >= 4 is 22.3 Å². The Kier molecular flexibility index (Phi) is 3.92. The van der Waals surface area contributed by atoms with Gasteiger partial charge in [0.2, 0.25) is 0 Å². The lowest BCUT2D eigenvalue weighted by molar-refractivity contribution is -0.137. The number of alkyl halides is 3. The second kappa shape index (κ2) is 6.26. The maximum absolute atomic E-state index is 13.0. The Balaban J connectivity index is 1.76. The van der Waals surface area contributed by atoms with Crippen LogP contribution in [-0.4, -0.2) is 4.98 Å². The monoisotopic (exact) mass is 352 g/mol. The second-order valence-corrected chi connectivity index (χ2v) is 6.00. The minimum absolute atomic E-state index is 0.395. The van der Waals surface area contributed by atoms with E-state index in [9.17, 15) is 13.2 Å². The fraction of sp³-hybridized carbons (Fsp3) is 0.0476. The Morgan fingerprint density at radius 1 is 0.769 bits per heavy atom. The molecule has 4 aromatic rings. The van der Waals surface area contributed by atoms with Crippen molar-refractivity contribution in [2.75, 3.05) is 5.32 Å². The van der Waals surface area contributed by atoms with Crippen molar-refractivity contribution in [1.82, 2.24) is 4.98 Å². The molecule has 130 valence electrons. The lowest BCUT2D eigenvalue weighted by Gasteiger charge is -2.14. The van der Waals surface area contributed by atoms with E-state index in [4.69, 9.17) is 0 Å². The predicted molar refractivity (Wildman–Crippen MR) is 98.5 cm³/mol. The molecule has 2 nitrogen and oxygen atoms in total. The molecule has 0 radical (unpaired) electrons. The van der Waals surface area contributed by atoms with Crippen LogP contribution in [0.1, 0.15) is 5.56 Å². The molecule has 0 saturated heterocycles. The van der Waals surface area contributed by atoms with Crippen LogP contribution in [-0.2, 0) is 6.18 Å². The number of aromatic nitrogens is 1. The first-order valence-corrected chi connectivity index (χ1v) is 8.12. The molecule has 0 aliphatic carbocycles. The number of benzene rings is 3. The summed E-state index contributed by atoms with van der Waals surface area (Å²) in [6.07, 6.45) is -2.45. The molecule has 0 aliphatic heterocycles. The highest BCUT2D eigenvalue weighted by molar-refractivity contribution is 5.99. The van der Waals surface area contributed by atoms with E-state index < -0.39 is 11.7 Å². The average molecular weight is 352 g/mol. The molecule has 0 bridgehead atoms. The molecule has 0 atom stereocenters. The van der Waals surface area contributed by atoms with E-state index in [2.05, 4.69) is 10.3 Å². The maximum atomic E-state index is 13.0. The molecule has 4 rings (SSSR count). The third kappa shape index (κ3) is 3.04. The van der Waals surface area contributed by atoms with Gasteiger partial charge in [0.25, 0.3) is 0 Å². The molecule has 0 spiro atoms. The van der Waals surface area contributed by atoms with Crippen LogP contribution in [0.25, 0.3) is 22.0 Å². The maximum Gasteiger partial charge on any atom is 0.416 e. The van der Waals surface area contributed by atoms with Crippen molar-refractivity contribution in [3.8, 4) is 11.1 Å². The van der Waals surface area contributed by atoms with Gasteiger partial charge in [0.15, 0.2) is 0 Å². The van der Waals surface area contributed by atoms with E-state index in [1.165, 1.54) is 6.07 Å². The number of fused-ring (bicyclic) bond motifs is 1. The van der Waals surface area contributed by atoms with Crippen LogP contribution in [0.15, 0.2) is 79.0 Å². The highest BCUT2D eigenvalue weighted by Gasteiger charge is 2.30. The summed E-state index contributed by atoms with van der Waals surface area (Å²) < 4.78 is 38.9. The first-order chi connectivity index (χ1) is 12.5. The average Bonchev–Trinajstić information content (AvgIpc) is 3.06. The quantitative estimate of drug-likeness (QED) is 0.427. The van der Waals surface area contributed by atoms with Gasteiger partial charge in [-0.15, -0.1) is 0 Å². The summed E-state index contributed by atoms with van der Waals surface area (Å²) in [4.78, 5) is 3.23. The lowest BCUT2D eigenvalue weighted by atomic mass is 10.0. The van der Waals surface area contributed by atoms with Crippen molar-refractivity contribution in [1.29, 1.82) is 0 Å². The highest BCUT2D eigenvalue weighted by atomic mass is 19.4. The third-order valence-electron chi connectivity index (χ3n) is 4.28. The van der Waals surface area contributed by atoms with Gasteiger partial charge in [0.1, 0.15) is 0 Å². The van der Waals surface area contributed by atoms with Gasteiger partial charge in [-0.3, -0.25) is 0 Å². The minimum Gasteiger partial charge on any atom is -0.361 e. The number of hydrogen-bond acceptors (Lipinski definition) is 1. The van der Waals surface area contributed by atoms with Gasteiger partial charge in [-0.1, -0.05) is 42.5 Å². The number of halogens is 3. The zero-order valence-electron chi connectivity index (χ0n) is 13.6. The number of anilines is 2. The van der Waals surface area contributed by atoms with Crippen LogP contribution in [0.3, 0.4) is 0 Å². The third-order valence-corrected chi connectivity index (χ3v) is 4.28. The molecule has 1 heterocycles. The number of H-pyrrole nitrogens is 1. The molecule has 26 heavy (non-hydrogen) atoms. The lowest BCUT2D eigenvalue weighted by Crippen LogP contribution is -2.05. The van der Waals surface area contributed by atoms with Crippen molar-refractivity contribution in [2.45, 2.75) is 6.18 Å². The molecular formula is C21H15F3N2. The van der Waals surface area contributed by atoms with Gasteiger partial charge in [0, 0.05) is 39.6 Å². The predicted octanol–water partition coefficient (Wildman–Crippen LogP) is 6.60. The van der Waals surface area contributed by atoms with Crippen molar-refractivity contribution < 1.29 is 13.2 Å². The summed E-state index contributed by atoms with van der Waals surface area (Å²) in [7, 11) is 0. The van der Waals surface area contributed by atoms with Crippen LogP contribution >= 0.6 is 0 Å². The summed E-state index contributed by atoms with van der Waals surface area (Å²) in [5, 5.41) is 4.19. The SMILES string of the molecule is FC(F)(F)c1cccc(Nc2ccccc2-c2c[nH]c3ccccc23)c1. The van der Waals surface area contributed by atoms with Gasteiger partial charge in [-0.25, -0.2) is 0 Å². The van der Waals surface area contributed by atoms with Gasteiger partial charge in [-0.05, 0) is 30.3 Å². The molecule has 0 unspecified atom stereocenters. The second-order valence-electron chi connectivity index (χ2n) is 6.00. The topological polar surface area (TPSA) is 27.8 Å². The van der Waals surface area contributed by atoms with Gasteiger partial charge < -0.3 is 10.3 Å². The van der Waals surface area contributed by atoms with E-state index in [0.29, 0.717) is 5.69 Å². The summed E-state index contributed by atoms with van der Waals surface area (Å²) >= 11 is 0. The van der Waals surface area contributed by atoms with Gasteiger partial charge >= 0.3 is 6.18 Å². The number of aromatic amines is 1. The van der Waals surface area contributed by atoms with Crippen molar-refractivity contribution in [3.63, 3.8) is 0 Å². The summed E-state index contributed by atoms with van der Waals surface area (Å²) in [6, 6.07) is 20.7. The fourth-order valence-electron chi connectivity index (χ4n) is 3.05. The molecule has 2 N–H and O–H groups in total. The summed E-state index contributed by atoms with van der Waals surface area (Å²) in [5.41, 5.74) is 3.39. The molecule has 3 aromatic carbocycles. The normalized spacial score (nSPS) is 11.7. The largest absolute Gasteiger partial charge is 0.416 e. The highest BCUT2D eigenvalue weighted by Crippen LogP contribution is 2.36. The van der Waals surface area contributed by atoms with E-state index in [-0.39, 0.29) is 0 Å². The van der Waals surface area contributed by atoms with E-state index >= 15 is 0 Å². The molecule has 1 aromatic heterocycles. The number of nitrogens with one attached hydrogen (secondary N) is 2. The van der Waals surface area contributed by atoms with Crippen LogP contribution in [0.5, 0.6) is 0 Å². The fourth-order valence-corrected chi connectivity index (χ4v) is 3.05. The van der Waals surface area contributed by atoms with Gasteiger partial charge in [0.05, 0.1) is 5.56 Å². The Morgan fingerprint density at radius 2 is 1.54 bits per heavy atom. The molecular weight excluding hydrogens is 337 g/mol. The van der Waals surface area contributed by atoms with Crippen LogP contribution < -0.4 is 5.32 Å². The number of rotatable bonds is 3.